The number of hydrogen-bond donors (Lipinski definition) is 1. The predicted molar refractivity (Wildman–Crippen MR) is 67.3 cm³/mol. The van der Waals surface area contributed by atoms with E-state index in [0.717, 1.165) is 24.8 Å². The van der Waals surface area contributed by atoms with Gasteiger partial charge in [-0.15, -0.1) is 0 Å². The lowest BCUT2D eigenvalue weighted by atomic mass is 10.0. The van der Waals surface area contributed by atoms with Gasteiger partial charge < -0.3 is 14.6 Å². The molecule has 1 N–H and O–H groups in total. The smallest absolute Gasteiger partial charge is 0.117 e. The topological polar surface area (TPSA) is 28.4 Å². The van der Waals surface area contributed by atoms with Crippen LogP contribution < -0.4 is 5.32 Å². The molecule has 0 aliphatic carbocycles. The van der Waals surface area contributed by atoms with Gasteiger partial charge in [0.15, 0.2) is 0 Å². The molecule has 0 aromatic carbocycles. The van der Waals surface area contributed by atoms with E-state index in [4.69, 9.17) is 4.42 Å². The van der Waals surface area contributed by atoms with E-state index in [1.54, 1.807) is 6.26 Å². The van der Waals surface area contributed by atoms with Crippen molar-refractivity contribution in [3.05, 3.63) is 24.2 Å². The maximum Gasteiger partial charge on any atom is 0.117 e. The lowest BCUT2D eigenvalue weighted by Gasteiger charge is -2.26. The van der Waals surface area contributed by atoms with Crippen molar-refractivity contribution in [2.24, 2.45) is 5.92 Å². The third-order valence-corrected chi connectivity index (χ3v) is 2.73. The monoisotopic (exact) mass is 224 g/mol. The van der Waals surface area contributed by atoms with Gasteiger partial charge in [-0.3, -0.25) is 0 Å². The first kappa shape index (κ1) is 13.3. The molecule has 1 aromatic heterocycles. The largest absolute Gasteiger partial charge is 0.468 e. The Morgan fingerprint density at radius 1 is 1.38 bits per heavy atom. The minimum Gasteiger partial charge on any atom is -0.468 e. The molecular weight excluding hydrogens is 200 g/mol. The van der Waals surface area contributed by atoms with Gasteiger partial charge in [0.25, 0.3) is 0 Å². The Morgan fingerprint density at radius 2 is 2.12 bits per heavy atom. The summed E-state index contributed by atoms with van der Waals surface area (Å²) in [4.78, 5) is 2.29. The van der Waals surface area contributed by atoms with E-state index >= 15 is 0 Å². The lowest BCUT2D eigenvalue weighted by molar-refractivity contribution is 0.245. The number of hydrogen-bond acceptors (Lipinski definition) is 3. The molecule has 0 saturated carbocycles. The van der Waals surface area contributed by atoms with Crippen molar-refractivity contribution >= 4 is 0 Å². The number of nitrogens with zero attached hydrogens (tertiary/aromatic N) is 1. The van der Waals surface area contributed by atoms with Crippen LogP contribution in [0.2, 0.25) is 0 Å². The van der Waals surface area contributed by atoms with Crippen molar-refractivity contribution in [3.63, 3.8) is 0 Å². The van der Waals surface area contributed by atoms with Gasteiger partial charge in [-0.05, 0) is 38.6 Å². The summed E-state index contributed by atoms with van der Waals surface area (Å²) in [5.74, 6) is 1.74. The average Bonchev–Trinajstić information content (AvgIpc) is 2.68. The summed E-state index contributed by atoms with van der Waals surface area (Å²) in [7, 11) is 4.28. The summed E-state index contributed by atoms with van der Waals surface area (Å²) in [5.41, 5.74) is 0. The lowest BCUT2D eigenvalue weighted by Crippen LogP contribution is -2.38. The zero-order valence-electron chi connectivity index (χ0n) is 10.9. The standard InChI is InChI=1S/C13H24N2O/c1-11(2)8-12(15(3)4)9-14-10-13-6-5-7-16-13/h5-7,11-12,14H,8-10H2,1-4H3. The molecule has 0 spiro atoms. The van der Waals surface area contributed by atoms with Gasteiger partial charge in [-0.25, -0.2) is 0 Å². The van der Waals surface area contributed by atoms with Crippen LogP contribution in [0.5, 0.6) is 0 Å². The Hall–Kier alpha value is -0.800. The highest BCUT2D eigenvalue weighted by Crippen LogP contribution is 2.08. The molecule has 1 unspecified atom stereocenters. The third-order valence-electron chi connectivity index (χ3n) is 2.73. The molecule has 16 heavy (non-hydrogen) atoms. The second-order valence-electron chi connectivity index (χ2n) is 4.96. The highest BCUT2D eigenvalue weighted by Gasteiger charge is 2.12. The normalized spacial score (nSPS) is 13.6. The highest BCUT2D eigenvalue weighted by molar-refractivity contribution is 4.97. The van der Waals surface area contributed by atoms with Gasteiger partial charge in [0.05, 0.1) is 12.8 Å². The van der Waals surface area contributed by atoms with E-state index in [1.165, 1.54) is 6.42 Å². The molecule has 0 radical (unpaired) electrons. The Bertz CT molecular complexity index is 267. The molecule has 1 heterocycles. The fourth-order valence-corrected chi connectivity index (χ4v) is 1.80. The van der Waals surface area contributed by atoms with Crippen molar-refractivity contribution in [2.75, 3.05) is 20.6 Å². The summed E-state index contributed by atoms with van der Waals surface area (Å²) in [6.07, 6.45) is 2.94. The summed E-state index contributed by atoms with van der Waals surface area (Å²) in [6.45, 7) is 6.35. The summed E-state index contributed by atoms with van der Waals surface area (Å²) < 4.78 is 5.28. The molecule has 1 aromatic rings. The molecule has 1 atom stereocenters. The maximum absolute atomic E-state index is 5.28. The Morgan fingerprint density at radius 3 is 2.62 bits per heavy atom. The van der Waals surface area contributed by atoms with Gasteiger partial charge in [0.2, 0.25) is 0 Å². The number of furan rings is 1. The Balaban J connectivity index is 2.27. The van der Waals surface area contributed by atoms with E-state index in [0.29, 0.717) is 6.04 Å². The van der Waals surface area contributed by atoms with Crippen LogP contribution in [0.1, 0.15) is 26.0 Å². The second kappa shape index (κ2) is 6.71. The molecule has 0 aliphatic rings. The SMILES string of the molecule is CC(C)CC(CNCc1ccco1)N(C)C. The van der Waals surface area contributed by atoms with Crippen LogP contribution in [0.4, 0.5) is 0 Å². The molecule has 92 valence electrons. The van der Waals surface area contributed by atoms with Gasteiger partial charge in [0.1, 0.15) is 5.76 Å². The van der Waals surface area contributed by atoms with Crippen LogP contribution in [-0.4, -0.2) is 31.6 Å². The molecule has 0 saturated heterocycles. The van der Waals surface area contributed by atoms with E-state index in [2.05, 4.69) is 38.2 Å². The molecule has 0 fully saturated rings. The minimum absolute atomic E-state index is 0.593. The van der Waals surface area contributed by atoms with Crippen molar-refractivity contribution in [2.45, 2.75) is 32.9 Å². The number of rotatable bonds is 7. The number of likely N-dealkylation sites (N-methyl/N-ethyl adjacent to an activating group) is 1. The van der Waals surface area contributed by atoms with Crippen molar-refractivity contribution in [1.82, 2.24) is 10.2 Å². The summed E-state index contributed by atoms with van der Waals surface area (Å²) in [6, 6.07) is 4.52. The molecule has 0 aliphatic heterocycles. The summed E-state index contributed by atoms with van der Waals surface area (Å²) in [5, 5.41) is 3.44. The first-order chi connectivity index (χ1) is 7.59. The molecule has 0 bridgehead atoms. The maximum atomic E-state index is 5.28. The van der Waals surface area contributed by atoms with Crippen LogP contribution >= 0.6 is 0 Å². The molecule has 0 amide bonds. The predicted octanol–water partition coefficient (Wildman–Crippen LogP) is 2.35. The van der Waals surface area contributed by atoms with Crippen molar-refractivity contribution in [1.29, 1.82) is 0 Å². The first-order valence-electron chi connectivity index (χ1n) is 5.99. The van der Waals surface area contributed by atoms with Crippen molar-refractivity contribution < 1.29 is 4.42 Å². The Labute approximate surface area is 98.8 Å². The quantitative estimate of drug-likeness (QED) is 0.770. The zero-order valence-corrected chi connectivity index (χ0v) is 10.9. The first-order valence-corrected chi connectivity index (χ1v) is 5.99. The average molecular weight is 224 g/mol. The fourth-order valence-electron chi connectivity index (χ4n) is 1.80. The molecular formula is C13H24N2O. The Kier molecular flexibility index (Phi) is 5.56. The molecule has 1 rings (SSSR count). The van der Waals surface area contributed by atoms with Gasteiger partial charge in [-0.2, -0.15) is 0 Å². The van der Waals surface area contributed by atoms with E-state index in [1.807, 2.05) is 12.1 Å². The highest BCUT2D eigenvalue weighted by atomic mass is 16.3. The van der Waals surface area contributed by atoms with Crippen LogP contribution in [0.25, 0.3) is 0 Å². The van der Waals surface area contributed by atoms with E-state index < -0.39 is 0 Å². The molecule has 3 nitrogen and oxygen atoms in total. The van der Waals surface area contributed by atoms with Crippen molar-refractivity contribution in [3.8, 4) is 0 Å². The number of nitrogens with one attached hydrogen (secondary N) is 1. The minimum atomic E-state index is 0.593. The van der Waals surface area contributed by atoms with Crippen LogP contribution in [0.15, 0.2) is 22.8 Å². The summed E-state index contributed by atoms with van der Waals surface area (Å²) >= 11 is 0. The third kappa shape index (κ3) is 4.81. The second-order valence-corrected chi connectivity index (χ2v) is 4.96. The van der Waals surface area contributed by atoms with Gasteiger partial charge >= 0.3 is 0 Å². The van der Waals surface area contributed by atoms with Gasteiger partial charge in [-0.1, -0.05) is 13.8 Å². The van der Waals surface area contributed by atoms with Crippen LogP contribution in [0.3, 0.4) is 0 Å². The van der Waals surface area contributed by atoms with E-state index in [-0.39, 0.29) is 0 Å². The van der Waals surface area contributed by atoms with Gasteiger partial charge in [0, 0.05) is 12.6 Å². The van der Waals surface area contributed by atoms with E-state index in [9.17, 15) is 0 Å². The molecule has 3 heteroatoms. The fraction of sp³-hybridized carbons (Fsp3) is 0.692. The van der Waals surface area contributed by atoms with Crippen LogP contribution in [-0.2, 0) is 6.54 Å². The van der Waals surface area contributed by atoms with Crippen LogP contribution in [0, 0.1) is 5.92 Å². The zero-order chi connectivity index (χ0) is 12.0.